The Bertz CT molecular complexity index is 320. The molecule has 0 spiro atoms. The molecule has 0 fully saturated rings. The van der Waals surface area contributed by atoms with Gasteiger partial charge in [-0.1, -0.05) is 19.6 Å². The van der Waals surface area contributed by atoms with E-state index in [0.29, 0.717) is 0 Å². The average molecular weight is 226 g/mol. The van der Waals surface area contributed by atoms with Gasteiger partial charge in [-0.05, 0) is 20.8 Å². The van der Waals surface area contributed by atoms with Gasteiger partial charge >= 0.3 is 11.9 Å². The van der Waals surface area contributed by atoms with Gasteiger partial charge in [0, 0.05) is 5.92 Å². The molecule has 0 heterocycles. The highest BCUT2D eigenvalue weighted by atomic mass is 28.3. The molecule has 0 aromatic heterocycles. The molecule has 15 heavy (non-hydrogen) atoms. The Hall–Kier alpha value is -1.08. The van der Waals surface area contributed by atoms with E-state index in [2.05, 4.69) is 16.2 Å². The molecule has 0 saturated carbocycles. The topological polar surface area (TPSA) is 43.4 Å². The first-order valence-corrected chi connectivity index (χ1v) is 8.32. The van der Waals surface area contributed by atoms with Crippen molar-refractivity contribution in [1.82, 2.24) is 0 Å². The van der Waals surface area contributed by atoms with Gasteiger partial charge in [-0.3, -0.25) is 4.79 Å². The standard InChI is InChI=1S/C11H18O3Si/c1-11(2,3)10(13)14-9(12)7-8-15(4,5)6/h1-6H3. The van der Waals surface area contributed by atoms with E-state index < -0.39 is 25.4 Å². The molecule has 0 unspecified atom stereocenters. The Balaban J connectivity index is 4.40. The molecule has 4 heteroatoms. The molecule has 0 aromatic carbocycles. The van der Waals surface area contributed by atoms with Crippen LogP contribution in [0.5, 0.6) is 0 Å². The Morgan fingerprint density at radius 1 is 1.13 bits per heavy atom. The summed E-state index contributed by atoms with van der Waals surface area (Å²) in [5, 5.41) is 0. The van der Waals surface area contributed by atoms with Gasteiger partial charge < -0.3 is 4.74 Å². The molecule has 0 aliphatic carbocycles. The molecule has 0 amide bonds. The zero-order chi connectivity index (χ0) is 12.3. The highest BCUT2D eigenvalue weighted by molar-refractivity contribution is 6.84. The van der Waals surface area contributed by atoms with Crippen LogP contribution in [0.15, 0.2) is 0 Å². The molecule has 3 nitrogen and oxygen atoms in total. The lowest BCUT2D eigenvalue weighted by molar-refractivity contribution is -0.162. The average Bonchev–Trinajstić information content (AvgIpc) is 1.97. The summed E-state index contributed by atoms with van der Waals surface area (Å²) in [6.07, 6.45) is 0. The molecular weight excluding hydrogens is 208 g/mol. The van der Waals surface area contributed by atoms with Crippen molar-refractivity contribution in [2.75, 3.05) is 0 Å². The van der Waals surface area contributed by atoms with Gasteiger partial charge in [-0.25, -0.2) is 4.79 Å². The summed E-state index contributed by atoms with van der Waals surface area (Å²) in [4.78, 5) is 22.5. The first kappa shape index (κ1) is 13.9. The van der Waals surface area contributed by atoms with E-state index in [9.17, 15) is 9.59 Å². The maximum atomic E-state index is 11.3. The molecular formula is C11H18O3Si. The van der Waals surface area contributed by atoms with E-state index in [1.54, 1.807) is 20.8 Å². The van der Waals surface area contributed by atoms with Crippen molar-refractivity contribution in [3.8, 4) is 11.5 Å². The van der Waals surface area contributed by atoms with Gasteiger partial charge in [0.15, 0.2) is 0 Å². The normalized spacial score (nSPS) is 11.3. The summed E-state index contributed by atoms with van der Waals surface area (Å²) < 4.78 is 4.58. The fourth-order valence-corrected chi connectivity index (χ4v) is 0.978. The summed E-state index contributed by atoms with van der Waals surface area (Å²) in [7, 11) is -1.59. The number of carbonyl (C=O) groups is 2. The van der Waals surface area contributed by atoms with Crippen molar-refractivity contribution in [2.24, 2.45) is 5.41 Å². The van der Waals surface area contributed by atoms with Gasteiger partial charge in [-0.15, -0.1) is 5.54 Å². The number of hydrogen-bond donors (Lipinski definition) is 0. The van der Waals surface area contributed by atoms with Crippen molar-refractivity contribution in [3.63, 3.8) is 0 Å². The van der Waals surface area contributed by atoms with Crippen LogP contribution in [0.25, 0.3) is 0 Å². The van der Waals surface area contributed by atoms with E-state index in [1.165, 1.54) is 0 Å². The summed E-state index contributed by atoms with van der Waals surface area (Å²) in [6, 6.07) is 0. The lowest BCUT2D eigenvalue weighted by Crippen LogP contribution is -2.25. The van der Waals surface area contributed by atoms with Gasteiger partial charge in [0.25, 0.3) is 0 Å². The fourth-order valence-electron chi connectivity index (χ4n) is 0.501. The largest absolute Gasteiger partial charge is 0.391 e. The van der Waals surface area contributed by atoms with Gasteiger partial charge in [-0.2, -0.15) is 0 Å². The predicted molar refractivity (Wildman–Crippen MR) is 61.7 cm³/mol. The third-order valence-corrected chi connectivity index (χ3v) is 2.21. The lowest BCUT2D eigenvalue weighted by Gasteiger charge is -2.13. The van der Waals surface area contributed by atoms with Crippen LogP contribution >= 0.6 is 0 Å². The monoisotopic (exact) mass is 226 g/mol. The third-order valence-electron chi connectivity index (χ3n) is 1.34. The van der Waals surface area contributed by atoms with Crippen LogP contribution in [-0.2, 0) is 14.3 Å². The molecule has 0 rings (SSSR count). The highest BCUT2D eigenvalue weighted by Gasteiger charge is 2.25. The molecule has 0 aromatic rings. The maximum absolute atomic E-state index is 11.3. The first-order valence-electron chi connectivity index (χ1n) is 4.82. The number of carbonyl (C=O) groups excluding carboxylic acids is 2. The van der Waals surface area contributed by atoms with E-state index >= 15 is 0 Å². The fraction of sp³-hybridized carbons (Fsp3) is 0.636. The summed E-state index contributed by atoms with van der Waals surface area (Å²) >= 11 is 0. The maximum Gasteiger partial charge on any atom is 0.391 e. The Morgan fingerprint density at radius 2 is 1.60 bits per heavy atom. The highest BCUT2D eigenvalue weighted by Crippen LogP contribution is 2.14. The minimum atomic E-state index is -1.59. The van der Waals surface area contributed by atoms with Crippen LogP contribution in [0, 0.1) is 16.9 Å². The van der Waals surface area contributed by atoms with Crippen LogP contribution in [0.2, 0.25) is 19.6 Å². The van der Waals surface area contributed by atoms with Crippen LogP contribution in [0.1, 0.15) is 20.8 Å². The van der Waals surface area contributed by atoms with E-state index in [4.69, 9.17) is 0 Å². The summed E-state index contributed by atoms with van der Waals surface area (Å²) in [5.41, 5.74) is 2.17. The van der Waals surface area contributed by atoms with Crippen LogP contribution in [-0.4, -0.2) is 20.0 Å². The molecule has 0 atom stereocenters. The number of rotatable bonds is 0. The van der Waals surface area contributed by atoms with Gasteiger partial charge in [0.05, 0.1) is 5.41 Å². The zero-order valence-corrected chi connectivity index (χ0v) is 11.2. The number of esters is 2. The van der Waals surface area contributed by atoms with Crippen LogP contribution in [0.3, 0.4) is 0 Å². The summed E-state index contributed by atoms with van der Waals surface area (Å²) in [5.74, 6) is 1.06. The second-order valence-corrected chi connectivity index (χ2v) is 10.2. The number of hydrogen-bond acceptors (Lipinski definition) is 3. The van der Waals surface area contributed by atoms with E-state index in [1.807, 2.05) is 19.6 Å². The third kappa shape index (κ3) is 6.92. The van der Waals surface area contributed by atoms with Crippen molar-refractivity contribution < 1.29 is 14.3 Å². The van der Waals surface area contributed by atoms with Crippen molar-refractivity contribution in [3.05, 3.63) is 0 Å². The molecule has 0 aliphatic heterocycles. The Labute approximate surface area is 92.2 Å². The van der Waals surface area contributed by atoms with Gasteiger partial charge in [0.1, 0.15) is 8.07 Å². The molecule has 0 N–H and O–H groups in total. The lowest BCUT2D eigenvalue weighted by atomic mass is 9.97. The second-order valence-electron chi connectivity index (χ2n) is 5.43. The predicted octanol–water partition coefficient (Wildman–Crippen LogP) is 1.98. The minimum Gasteiger partial charge on any atom is -0.383 e. The van der Waals surface area contributed by atoms with Crippen molar-refractivity contribution in [2.45, 2.75) is 40.4 Å². The molecule has 84 valence electrons. The first-order chi connectivity index (χ1) is 6.52. The quantitative estimate of drug-likeness (QED) is 0.274. The Morgan fingerprint density at radius 3 is 1.93 bits per heavy atom. The van der Waals surface area contributed by atoms with Crippen LogP contribution < -0.4 is 0 Å². The van der Waals surface area contributed by atoms with Crippen molar-refractivity contribution >= 4 is 20.0 Å². The number of ether oxygens (including phenoxy) is 1. The molecule has 0 aliphatic rings. The molecule has 0 radical (unpaired) electrons. The van der Waals surface area contributed by atoms with Crippen LogP contribution in [0.4, 0.5) is 0 Å². The van der Waals surface area contributed by atoms with Gasteiger partial charge in [0.2, 0.25) is 0 Å². The molecule has 0 saturated heterocycles. The SMILES string of the molecule is CC(C)(C)C(=O)OC(=O)C#C[Si](C)(C)C. The van der Waals surface area contributed by atoms with E-state index in [-0.39, 0.29) is 0 Å². The summed E-state index contributed by atoms with van der Waals surface area (Å²) in [6.45, 7) is 11.1. The zero-order valence-electron chi connectivity index (χ0n) is 10.2. The van der Waals surface area contributed by atoms with E-state index in [0.717, 1.165) is 0 Å². The molecule has 0 bridgehead atoms. The second kappa shape index (κ2) is 4.62. The minimum absolute atomic E-state index is 0.544. The smallest absolute Gasteiger partial charge is 0.383 e. The Kier molecular flexibility index (Phi) is 4.29. The van der Waals surface area contributed by atoms with Crippen molar-refractivity contribution in [1.29, 1.82) is 0 Å².